The van der Waals surface area contributed by atoms with Gasteiger partial charge in [0.2, 0.25) is 0 Å². The molecule has 0 aliphatic carbocycles. The number of halogens is 3. The van der Waals surface area contributed by atoms with Gasteiger partial charge >= 0.3 is 12.1 Å². The quantitative estimate of drug-likeness (QED) is 0.884. The fraction of sp³-hybridized carbons (Fsp3) is 0.417. The summed E-state index contributed by atoms with van der Waals surface area (Å²) in [6.07, 6.45) is -3.64. The van der Waals surface area contributed by atoms with E-state index < -0.39 is 23.6 Å². The lowest BCUT2D eigenvalue weighted by molar-refractivity contribution is -0.142. The number of hydrogen-bond acceptors (Lipinski definition) is 1. The van der Waals surface area contributed by atoms with Gasteiger partial charge in [-0.25, -0.2) is 0 Å². The molecule has 0 heterocycles. The van der Waals surface area contributed by atoms with Crippen LogP contribution in [-0.2, 0) is 17.4 Å². The number of carboxylic acid groups (broad SMARTS) is 1. The molecular weight excluding hydrogens is 233 g/mol. The summed E-state index contributed by atoms with van der Waals surface area (Å²) in [5, 5.41) is 8.84. The van der Waals surface area contributed by atoms with Gasteiger partial charge in [0.15, 0.2) is 0 Å². The zero-order valence-corrected chi connectivity index (χ0v) is 9.29. The predicted molar refractivity (Wildman–Crippen MR) is 56.6 cm³/mol. The lowest BCUT2D eigenvalue weighted by Crippen LogP contribution is -2.15. The molecule has 0 bridgehead atoms. The minimum Gasteiger partial charge on any atom is -0.481 e. The molecule has 1 atom stereocenters. The highest BCUT2D eigenvalue weighted by molar-refractivity contribution is 5.70. The van der Waals surface area contributed by atoms with Gasteiger partial charge in [-0.2, -0.15) is 13.2 Å². The summed E-state index contributed by atoms with van der Waals surface area (Å²) in [4.78, 5) is 10.8. The van der Waals surface area contributed by atoms with E-state index >= 15 is 0 Å². The summed E-state index contributed by atoms with van der Waals surface area (Å²) in [5.41, 5.74) is -0.114. The summed E-state index contributed by atoms with van der Waals surface area (Å²) in [6.45, 7) is 1.74. The van der Waals surface area contributed by atoms with E-state index in [9.17, 15) is 18.0 Å². The smallest absolute Gasteiger partial charge is 0.416 e. The van der Waals surface area contributed by atoms with Crippen LogP contribution in [0.3, 0.4) is 0 Å². The Hall–Kier alpha value is -1.52. The second kappa shape index (κ2) is 5.21. The van der Waals surface area contributed by atoms with Crippen molar-refractivity contribution in [3.63, 3.8) is 0 Å². The lowest BCUT2D eigenvalue weighted by Gasteiger charge is -2.11. The van der Waals surface area contributed by atoms with Crippen LogP contribution in [0.5, 0.6) is 0 Å². The summed E-state index contributed by atoms with van der Waals surface area (Å²) in [5.74, 6) is -1.47. The van der Waals surface area contributed by atoms with Crippen molar-refractivity contribution in [2.45, 2.75) is 25.9 Å². The first-order chi connectivity index (χ1) is 7.84. The average molecular weight is 246 g/mol. The summed E-state index contributed by atoms with van der Waals surface area (Å²) < 4.78 is 36.8. The number of carboxylic acids is 1. The Morgan fingerprint density at radius 3 is 2.18 bits per heavy atom. The van der Waals surface area contributed by atoms with Crippen LogP contribution >= 0.6 is 0 Å². The van der Waals surface area contributed by atoms with Crippen molar-refractivity contribution < 1.29 is 23.1 Å². The Labute approximate surface area is 97.1 Å². The van der Waals surface area contributed by atoms with E-state index in [1.54, 1.807) is 6.92 Å². The highest BCUT2D eigenvalue weighted by Gasteiger charge is 2.30. The molecule has 0 saturated heterocycles. The topological polar surface area (TPSA) is 37.3 Å². The van der Waals surface area contributed by atoms with Crippen LogP contribution in [0.4, 0.5) is 13.2 Å². The van der Waals surface area contributed by atoms with Crippen molar-refractivity contribution in [1.29, 1.82) is 0 Å². The first kappa shape index (κ1) is 13.5. The molecule has 0 aliphatic rings. The summed E-state index contributed by atoms with van der Waals surface area (Å²) >= 11 is 0. The number of hydrogen-bond donors (Lipinski definition) is 1. The van der Waals surface area contributed by atoms with E-state index in [0.29, 0.717) is 12.0 Å². The maximum atomic E-state index is 12.3. The van der Waals surface area contributed by atoms with Crippen LogP contribution in [0.15, 0.2) is 24.3 Å². The van der Waals surface area contributed by atoms with E-state index in [1.165, 1.54) is 12.1 Å². The van der Waals surface area contributed by atoms with Gasteiger partial charge in [-0.1, -0.05) is 19.1 Å². The number of alkyl halides is 3. The van der Waals surface area contributed by atoms with Crippen LogP contribution in [-0.4, -0.2) is 11.1 Å². The second-order valence-corrected chi connectivity index (χ2v) is 3.84. The summed E-state index contributed by atoms with van der Waals surface area (Å²) in [7, 11) is 0. The molecule has 5 heteroatoms. The zero-order chi connectivity index (χ0) is 13.1. The van der Waals surface area contributed by atoms with E-state index in [4.69, 9.17) is 5.11 Å². The molecule has 1 rings (SSSR count). The van der Waals surface area contributed by atoms with Crippen molar-refractivity contribution >= 4 is 5.97 Å². The Morgan fingerprint density at radius 2 is 1.82 bits per heavy atom. The van der Waals surface area contributed by atoms with Crippen molar-refractivity contribution in [2.24, 2.45) is 5.92 Å². The largest absolute Gasteiger partial charge is 0.481 e. The van der Waals surface area contributed by atoms with Crippen molar-refractivity contribution in [3.8, 4) is 0 Å². The van der Waals surface area contributed by atoms with Crippen LogP contribution in [0, 0.1) is 5.92 Å². The van der Waals surface area contributed by atoms with E-state index in [1.807, 2.05) is 0 Å². The monoisotopic (exact) mass is 246 g/mol. The van der Waals surface area contributed by atoms with Gasteiger partial charge in [0.05, 0.1) is 11.5 Å². The van der Waals surface area contributed by atoms with Crippen LogP contribution < -0.4 is 0 Å². The maximum Gasteiger partial charge on any atom is 0.416 e. The Kier molecular flexibility index (Phi) is 4.15. The van der Waals surface area contributed by atoms with Gasteiger partial charge < -0.3 is 5.11 Å². The number of benzene rings is 1. The standard InChI is InChI=1S/C12H13F3O2/c1-2-9(11(16)17)7-8-3-5-10(6-4-8)12(13,14)15/h3-6,9H,2,7H2,1H3,(H,16,17). The highest BCUT2D eigenvalue weighted by Crippen LogP contribution is 2.29. The van der Waals surface area contributed by atoms with E-state index in [0.717, 1.165) is 12.1 Å². The molecule has 0 fully saturated rings. The molecular formula is C12H13F3O2. The van der Waals surface area contributed by atoms with Gasteiger partial charge in [-0.3, -0.25) is 4.79 Å². The normalized spacial score (nSPS) is 13.4. The number of carbonyl (C=O) groups is 1. The van der Waals surface area contributed by atoms with Crippen molar-refractivity contribution in [1.82, 2.24) is 0 Å². The van der Waals surface area contributed by atoms with Gasteiger partial charge in [0.25, 0.3) is 0 Å². The molecule has 0 saturated carbocycles. The molecule has 1 aromatic rings. The SMILES string of the molecule is CCC(Cc1ccc(C(F)(F)F)cc1)C(=O)O. The second-order valence-electron chi connectivity index (χ2n) is 3.84. The van der Waals surface area contributed by atoms with E-state index in [-0.39, 0.29) is 6.42 Å². The minimum absolute atomic E-state index is 0.254. The Morgan fingerprint density at radius 1 is 1.29 bits per heavy atom. The molecule has 0 amide bonds. The van der Waals surface area contributed by atoms with Crippen LogP contribution in [0.1, 0.15) is 24.5 Å². The summed E-state index contributed by atoms with van der Waals surface area (Å²) in [6, 6.07) is 4.61. The minimum atomic E-state index is -4.35. The third-order valence-corrected chi connectivity index (χ3v) is 2.61. The van der Waals surface area contributed by atoms with Crippen molar-refractivity contribution in [2.75, 3.05) is 0 Å². The third kappa shape index (κ3) is 3.76. The molecule has 0 aromatic heterocycles. The first-order valence-electron chi connectivity index (χ1n) is 5.23. The van der Waals surface area contributed by atoms with Crippen molar-refractivity contribution in [3.05, 3.63) is 35.4 Å². The van der Waals surface area contributed by atoms with Gasteiger partial charge in [-0.15, -0.1) is 0 Å². The molecule has 94 valence electrons. The molecule has 1 N–H and O–H groups in total. The fourth-order valence-electron chi connectivity index (χ4n) is 1.52. The molecule has 0 aliphatic heterocycles. The third-order valence-electron chi connectivity index (χ3n) is 2.61. The molecule has 0 spiro atoms. The molecule has 0 radical (unpaired) electrons. The Bertz CT molecular complexity index is 382. The molecule has 1 aromatic carbocycles. The number of aliphatic carboxylic acids is 1. The van der Waals surface area contributed by atoms with Gasteiger partial charge in [-0.05, 0) is 30.5 Å². The molecule has 2 nitrogen and oxygen atoms in total. The maximum absolute atomic E-state index is 12.3. The van der Waals surface area contributed by atoms with Crippen LogP contribution in [0.2, 0.25) is 0 Å². The first-order valence-corrected chi connectivity index (χ1v) is 5.23. The van der Waals surface area contributed by atoms with Crippen LogP contribution in [0.25, 0.3) is 0 Å². The predicted octanol–water partition coefficient (Wildman–Crippen LogP) is 3.36. The zero-order valence-electron chi connectivity index (χ0n) is 9.29. The Balaban J connectivity index is 2.78. The average Bonchev–Trinajstić information content (AvgIpc) is 2.25. The highest BCUT2D eigenvalue weighted by atomic mass is 19.4. The van der Waals surface area contributed by atoms with Gasteiger partial charge in [0.1, 0.15) is 0 Å². The lowest BCUT2D eigenvalue weighted by atomic mass is 9.96. The van der Waals surface area contributed by atoms with E-state index in [2.05, 4.69) is 0 Å². The molecule has 17 heavy (non-hydrogen) atoms. The van der Waals surface area contributed by atoms with Gasteiger partial charge in [0, 0.05) is 0 Å². The number of rotatable bonds is 4. The molecule has 1 unspecified atom stereocenters. The fourth-order valence-corrected chi connectivity index (χ4v) is 1.52.